The molecule has 0 unspecified atom stereocenters. The minimum absolute atomic E-state index is 0.471. The normalized spacial score (nSPS) is 10.9. The van der Waals surface area contributed by atoms with Crippen LogP contribution in [-0.4, -0.2) is 26.5 Å². The quantitative estimate of drug-likeness (QED) is 0.739. The zero-order chi connectivity index (χ0) is 12.9. The summed E-state index contributed by atoms with van der Waals surface area (Å²) in [6, 6.07) is 13.6. The SMILES string of the molecule is C(=Nn1nnnc1Nc1ccccc1)c1cccs1. The van der Waals surface area contributed by atoms with Crippen molar-refractivity contribution in [3.05, 3.63) is 52.7 Å². The third-order valence-electron chi connectivity index (χ3n) is 2.32. The molecule has 2 heterocycles. The molecule has 3 rings (SSSR count). The standard InChI is InChI=1S/C12H10N6S/c1-2-5-10(6-3-1)14-12-15-16-17-18(12)13-9-11-7-4-8-19-11/h1-9H,(H,14,15,17). The predicted molar refractivity (Wildman–Crippen MR) is 74.9 cm³/mol. The van der Waals surface area contributed by atoms with Crippen LogP contribution in [0.1, 0.15) is 4.88 Å². The van der Waals surface area contributed by atoms with Crippen LogP contribution in [0.5, 0.6) is 0 Å². The first kappa shape index (κ1) is 11.5. The predicted octanol–water partition coefficient (Wildman–Crippen LogP) is 2.36. The molecule has 19 heavy (non-hydrogen) atoms. The summed E-state index contributed by atoms with van der Waals surface area (Å²) in [7, 11) is 0. The molecular formula is C12H10N6S. The van der Waals surface area contributed by atoms with Gasteiger partial charge in [-0.15, -0.1) is 11.3 Å². The van der Waals surface area contributed by atoms with Gasteiger partial charge in [0.05, 0.1) is 6.21 Å². The van der Waals surface area contributed by atoms with Gasteiger partial charge in [-0.1, -0.05) is 34.2 Å². The highest BCUT2D eigenvalue weighted by Gasteiger charge is 2.04. The Morgan fingerprint density at radius 2 is 2.05 bits per heavy atom. The lowest BCUT2D eigenvalue weighted by atomic mass is 10.3. The molecule has 3 aromatic rings. The number of benzene rings is 1. The Morgan fingerprint density at radius 3 is 2.84 bits per heavy atom. The second-order valence-electron chi connectivity index (χ2n) is 3.64. The van der Waals surface area contributed by atoms with Crippen LogP contribution in [0.4, 0.5) is 11.6 Å². The van der Waals surface area contributed by atoms with Crippen LogP contribution < -0.4 is 5.32 Å². The van der Waals surface area contributed by atoms with E-state index in [9.17, 15) is 0 Å². The fraction of sp³-hybridized carbons (Fsp3) is 0. The fourth-order valence-corrected chi connectivity index (χ4v) is 2.04. The van der Waals surface area contributed by atoms with Gasteiger partial charge in [0.1, 0.15) is 0 Å². The van der Waals surface area contributed by atoms with Crippen LogP contribution in [0.2, 0.25) is 0 Å². The highest BCUT2D eigenvalue weighted by atomic mass is 32.1. The summed E-state index contributed by atoms with van der Waals surface area (Å²) in [6.45, 7) is 0. The van der Waals surface area contributed by atoms with Crippen molar-refractivity contribution in [1.82, 2.24) is 20.3 Å². The van der Waals surface area contributed by atoms with Crippen molar-refractivity contribution in [1.29, 1.82) is 0 Å². The van der Waals surface area contributed by atoms with Crippen molar-refractivity contribution in [2.75, 3.05) is 5.32 Å². The van der Waals surface area contributed by atoms with E-state index in [-0.39, 0.29) is 0 Å². The monoisotopic (exact) mass is 270 g/mol. The maximum Gasteiger partial charge on any atom is 0.269 e. The average molecular weight is 270 g/mol. The number of nitrogens with zero attached hydrogens (tertiary/aromatic N) is 5. The Kier molecular flexibility index (Phi) is 3.28. The molecule has 0 spiro atoms. The summed E-state index contributed by atoms with van der Waals surface area (Å²) < 4.78 is 0. The first-order valence-electron chi connectivity index (χ1n) is 5.60. The van der Waals surface area contributed by atoms with Gasteiger partial charge in [0, 0.05) is 10.6 Å². The Balaban J connectivity index is 1.79. The van der Waals surface area contributed by atoms with Crippen LogP contribution in [0.25, 0.3) is 0 Å². The number of anilines is 2. The van der Waals surface area contributed by atoms with E-state index >= 15 is 0 Å². The molecule has 0 fully saturated rings. The molecule has 2 aromatic heterocycles. The molecule has 6 nitrogen and oxygen atoms in total. The first-order chi connectivity index (χ1) is 9.42. The first-order valence-corrected chi connectivity index (χ1v) is 6.48. The van der Waals surface area contributed by atoms with Crippen molar-refractivity contribution in [3.63, 3.8) is 0 Å². The summed E-state index contributed by atoms with van der Waals surface area (Å²) in [6.07, 6.45) is 1.72. The van der Waals surface area contributed by atoms with E-state index in [4.69, 9.17) is 0 Å². The third kappa shape index (κ3) is 2.83. The number of nitrogens with one attached hydrogen (secondary N) is 1. The lowest BCUT2D eigenvalue weighted by molar-refractivity contribution is 0.699. The van der Waals surface area contributed by atoms with Crippen molar-refractivity contribution < 1.29 is 0 Å². The molecule has 94 valence electrons. The Bertz CT molecular complexity index is 659. The van der Waals surface area contributed by atoms with Gasteiger partial charge in [-0.2, -0.15) is 5.10 Å². The number of hydrogen-bond acceptors (Lipinski definition) is 6. The van der Waals surface area contributed by atoms with E-state index in [0.717, 1.165) is 10.6 Å². The topological polar surface area (TPSA) is 68.0 Å². The summed E-state index contributed by atoms with van der Waals surface area (Å²) in [5.41, 5.74) is 0.907. The van der Waals surface area contributed by atoms with E-state index in [2.05, 4.69) is 25.9 Å². The lowest BCUT2D eigenvalue weighted by Crippen LogP contribution is -2.00. The van der Waals surface area contributed by atoms with E-state index in [1.54, 1.807) is 17.6 Å². The van der Waals surface area contributed by atoms with Crippen LogP contribution in [-0.2, 0) is 0 Å². The second-order valence-corrected chi connectivity index (χ2v) is 4.62. The molecule has 0 atom stereocenters. The zero-order valence-corrected chi connectivity index (χ0v) is 10.7. The molecule has 0 saturated carbocycles. The van der Waals surface area contributed by atoms with Gasteiger partial charge in [0.15, 0.2) is 0 Å². The maximum atomic E-state index is 4.21. The summed E-state index contributed by atoms with van der Waals surface area (Å²) in [5.74, 6) is 0.471. The minimum Gasteiger partial charge on any atom is -0.321 e. The molecule has 0 aliphatic carbocycles. The second kappa shape index (κ2) is 5.40. The molecule has 0 aliphatic rings. The van der Waals surface area contributed by atoms with Crippen molar-refractivity contribution in [2.45, 2.75) is 0 Å². The van der Waals surface area contributed by atoms with E-state index in [0.29, 0.717) is 5.95 Å². The van der Waals surface area contributed by atoms with Gasteiger partial charge in [0.25, 0.3) is 5.95 Å². The minimum atomic E-state index is 0.471. The van der Waals surface area contributed by atoms with Crippen LogP contribution in [0.3, 0.4) is 0 Å². The number of thiophene rings is 1. The molecule has 1 N–H and O–H groups in total. The summed E-state index contributed by atoms with van der Waals surface area (Å²) in [5, 5.41) is 20.6. The van der Waals surface area contributed by atoms with E-state index in [1.807, 2.05) is 47.8 Å². The van der Waals surface area contributed by atoms with Crippen LogP contribution in [0, 0.1) is 0 Å². The van der Waals surface area contributed by atoms with Crippen LogP contribution in [0.15, 0.2) is 52.9 Å². The van der Waals surface area contributed by atoms with E-state index in [1.165, 1.54) is 4.79 Å². The number of tetrazole rings is 1. The smallest absolute Gasteiger partial charge is 0.269 e. The van der Waals surface area contributed by atoms with Gasteiger partial charge in [-0.3, -0.25) is 0 Å². The molecule has 1 aromatic carbocycles. The van der Waals surface area contributed by atoms with Gasteiger partial charge in [-0.05, 0) is 34.0 Å². The Morgan fingerprint density at radius 1 is 1.16 bits per heavy atom. The molecule has 0 amide bonds. The molecule has 0 aliphatic heterocycles. The molecule has 7 heteroatoms. The van der Waals surface area contributed by atoms with Crippen molar-refractivity contribution in [2.24, 2.45) is 5.10 Å². The van der Waals surface area contributed by atoms with Gasteiger partial charge in [-0.25, -0.2) is 0 Å². The number of rotatable bonds is 4. The van der Waals surface area contributed by atoms with E-state index < -0.39 is 0 Å². The third-order valence-corrected chi connectivity index (χ3v) is 3.13. The number of para-hydroxylation sites is 1. The Labute approximate surface area is 113 Å². The highest BCUT2D eigenvalue weighted by Crippen LogP contribution is 2.12. The van der Waals surface area contributed by atoms with Crippen molar-refractivity contribution in [3.8, 4) is 0 Å². The largest absolute Gasteiger partial charge is 0.321 e. The summed E-state index contributed by atoms with van der Waals surface area (Å²) >= 11 is 1.60. The maximum absolute atomic E-state index is 4.21. The lowest BCUT2D eigenvalue weighted by Gasteiger charge is -2.02. The number of hydrogen-bond donors (Lipinski definition) is 1. The highest BCUT2D eigenvalue weighted by molar-refractivity contribution is 7.11. The summed E-state index contributed by atoms with van der Waals surface area (Å²) in [4.78, 5) is 2.40. The van der Waals surface area contributed by atoms with Crippen LogP contribution >= 0.6 is 11.3 Å². The van der Waals surface area contributed by atoms with Gasteiger partial charge in [0.2, 0.25) is 0 Å². The zero-order valence-electron chi connectivity index (χ0n) is 9.84. The molecule has 0 bridgehead atoms. The fourth-order valence-electron chi connectivity index (χ4n) is 1.46. The molecule has 0 saturated heterocycles. The van der Waals surface area contributed by atoms with Crippen molar-refractivity contribution >= 4 is 29.2 Å². The number of aromatic nitrogens is 4. The Hall–Kier alpha value is -2.54. The van der Waals surface area contributed by atoms with Gasteiger partial charge < -0.3 is 5.32 Å². The molecule has 0 radical (unpaired) electrons. The van der Waals surface area contributed by atoms with Gasteiger partial charge >= 0.3 is 0 Å². The molecular weight excluding hydrogens is 260 g/mol. The average Bonchev–Trinajstić information content (AvgIpc) is 3.09.